The van der Waals surface area contributed by atoms with Crippen LogP contribution in [0.3, 0.4) is 0 Å². The number of thiazole rings is 1. The lowest BCUT2D eigenvalue weighted by molar-refractivity contribution is -0.119. The zero-order chi connectivity index (χ0) is 23.4. The van der Waals surface area contributed by atoms with Crippen molar-refractivity contribution in [3.05, 3.63) is 77.9 Å². The maximum absolute atomic E-state index is 12.2. The minimum absolute atomic E-state index is 0.204. The van der Waals surface area contributed by atoms with Gasteiger partial charge in [-0.15, -0.1) is 11.3 Å². The number of amides is 2. The number of aryl methyl sites for hydroxylation is 1. The molecule has 0 radical (unpaired) electrons. The van der Waals surface area contributed by atoms with E-state index < -0.39 is 18.5 Å². The number of fused-ring (bicyclic) bond motifs is 1. The Morgan fingerprint density at radius 1 is 0.909 bits per heavy atom. The van der Waals surface area contributed by atoms with Crippen LogP contribution >= 0.6 is 11.3 Å². The number of hydrogen-bond donors (Lipinski definition) is 2. The Hall–Kier alpha value is -4.04. The topological polar surface area (TPSA) is 97.4 Å². The van der Waals surface area contributed by atoms with Crippen LogP contribution in [0.4, 0.5) is 11.4 Å². The number of esters is 1. The normalized spacial score (nSPS) is 10.6. The Labute approximate surface area is 194 Å². The maximum Gasteiger partial charge on any atom is 0.338 e. The molecule has 0 fully saturated rings. The van der Waals surface area contributed by atoms with Crippen LogP contribution in [-0.4, -0.2) is 29.4 Å². The molecule has 3 aromatic carbocycles. The first-order chi connectivity index (χ1) is 15.9. The quantitative estimate of drug-likeness (QED) is 0.394. The van der Waals surface area contributed by atoms with Crippen LogP contribution in [0.15, 0.2) is 66.7 Å². The second-order valence-corrected chi connectivity index (χ2v) is 8.48. The molecule has 8 heteroatoms. The lowest BCUT2D eigenvalue weighted by atomic mass is 10.2. The van der Waals surface area contributed by atoms with E-state index in [0.717, 1.165) is 20.8 Å². The highest BCUT2D eigenvalue weighted by Crippen LogP contribution is 2.31. The Bertz CT molecular complexity index is 1330. The molecular formula is C25H21N3O4S. The second kappa shape index (κ2) is 9.62. The molecule has 0 saturated carbocycles. The lowest BCUT2D eigenvalue weighted by Gasteiger charge is -2.08. The van der Waals surface area contributed by atoms with Crippen LogP contribution in [0.5, 0.6) is 0 Å². The second-order valence-electron chi connectivity index (χ2n) is 7.45. The number of anilines is 2. The third-order valence-electron chi connectivity index (χ3n) is 4.73. The summed E-state index contributed by atoms with van der Waals surface area (Å²) in [6.07, 6.45) is 0. The van der Waals surface area contributed by atoms with Gasteiger partial charge in [-0.05, 0) is 73.2 Å². The molecule has 0 bridgehead atoms. The number of carbonyl (C=O) groups is 3. The number of hydrogen-bond acceptors (Lipinski definition) is 6. The molecule has 166 valence electrons. The number of nitrogens with one attached hydrogen (secondary N) is 2. The summed E-state index contributed by atoms with van der Waals surface area (Å²) in [5.74, 6) is -1.27. The maximum atomic E-state index is 12.2. The average Bonchev–Trinajstić information content (AvgIpc) is 3.21. The molecule has 7 nitrogen and oxygen atoms in total. The highest BCUT2D eigenvalue weighted by Gasteiger charge is 2.11. The van der Waals surface area contributed by atoms with Crippen LogP contribution in [0.2, 0.25) is 0 Å². The fraction of sp³-hybridized carbons (Fsp3) is 0.120. The third kappa shape index (κ3) is 5.61. The van der Waals surface area contributed by atoms with Gasteiger partial charge in [0.25, 0.3) is 5.91 Å². The molecule has 33 heavy (non-hydrogen) atoms. The molecule has 4 aromatic rings. The van der Waals surface area contributed by atoms with Crippen LogP contribution in [0.25, 0.3) is 20.8 Å². The van der Waals surface area contributed by atoms with Gasteiger partial charge in [0.2, 0.25) is 5.91 Å². The summed E-state index contributed by atoms with van der Waals surface area (Å²) in [4.78, 5) is 40.0. The first kappa shape index (κ1) is 22.2. The minimum Gasteiger partial charge on any atom is -0.452 e. The summed E-state index contributed by atoms with van der Waals surface area (Å²) in [6, 6.07) is 19.7. The zero-order valence-electron chi connectivity index (χ0n) is 18.0. The van der Waals surface area contributed by atoms with Crippen molar-refractivity contribution in [1.82, 2.24) is 4.98 Å². The number of rotatable bonds is 6. The van der Waals surface area contributed by atoms with Gasteiger partial charge in [0, 0.05) is 23.9 Å². The van der Waals surface area contributed by atoms with Gasteiger partial charge < -0.3 is 15.4 Å². The summed E-state index contributed by atoms with van der Waals surface area (Å²) >= 11 is 1.62. The molecule has 4 rings (SSSR count). The molecular weight excluding hydrogens is 438 g/mol. The molecule has 2 amide bonds. The molecule has 0 saturated heterocycles. The number of carbonyl (C=O) groups excluding carboxylic acids is 3. The predicted molar refractivity (Wildman–Crippen MR) is 129 cm³/mol. The van der Waals surface area contributed by atoms with E-state index in [2.05, 4.69) is 28.6 Å². The van der Waals surface area contributed by atoms with Gasteiger partial charge >= 0.3 is 5.97 Å². The van der Waals surface area contributed by atoms with Crippen molar-refractivity contribution < 1.29 is 19.1 Å². The summed E-state index contributed by atoms with van der Waals surface area (Å²) in [6.45, 7) is 3.04. The molecule has 0 aliphatic heterocycles. The fourth-order valence-corrected chi connectivity index (χ4v) is 4.23. The Morgan fingerprint density at radius 2 is 1.58 bits per heavy atom. The van der Waals surface area contributed by atoms with Crippen LogP contribution in [0.1, 0.15) is 22.8 Å². The van der Waals surface area contributed by atoms with Crippen LogP contribution < -0.4 is 10.6 Å². The first-order valence-electron chi connectivity index (χ1n) is 10.2. The van der Waals surface area contributed by atoms with Crippen molar-refractivity contribution >= 4 is 50.7 Å². The SMILES string of the molecule is CC(=O)Nc1ccc(C(=O)OCC(=O)Nc2ccc(-c3nc4ccc(C)cc4s3)cc2)cc1. The molecule has 0 aliphatic carbocycles. The molecule has 0 unspecified atom stereocenters. The van der Waals surface area contributed by atoms with Crippen molar-refractivity contribution in [2.75, 3.05) is 17.2 Å². The molecule has 0 atom stereocenters. The minimum atomic E-state index is -0.624. The van der Waals surface area contributed by atoms with Crippen LogP contribution in [0, 0.1) is 6.92 Å². The lowest BCUT2D eigenvalue weighted by Crippen LogP contribution is -2.20. The van der Waals surface area contributed by atoms with E-state index in [1.54, 1.807) is 35.6 Å². The molecule has 0 aliphatic rings. The van der Waals surface area contributed by atoms with Gasteiger partial charge in [0.15, 0.2) is 6.61 Å². The number of aromatic nitrogens is 1. The van der Waals surface area contributed by atoms with Crippen molar-refractivity contribution in [1.29, 1.82) is 0 Å². The van der Waals surface area contributed by atoms with Crippen molar-refractivity contribution in [2.24, 2.45) is 0 Å². The van der Waals surface area contributed by atoms with Crippen molar-refractivity contribution in [3.8, 4) is 10.6 Å². The Balaban J connectivity index is 1.32. The van der Waals surface area contributed by atoms with Gasteiger partial charge in [0.1, 0.15) is 5.01 Å². The highest BCUT2D eigenvalue weighted by molar-refractivity contribution is 7.21. The van der Waals surface area contributed by atoms with E-state index in [0.29, 0.717) is 11.4 Å². The molecule has 1 heterocycles. The number of nitrogens with zero attached hydrogens (tertiary/aromatic N) is 1. The molecule has 1 aromatic heterocycles. The van der Waals surface area contributed by atoms with E-state index in [1.807, 2.05) is 24.3 Å². The molecule has 0 spiro atoms. The van der Waals surface area contributed by atoms with E-state index in [4.69, 9.17) is 4.74 Å². The fourth-order valence-electron chi connectivity index (χ4n) is 3.16. The zero-order valence-corrected chi connectivity index (χ0v) is 18.9. The monoisotopic (exact) mass is 459 g/mol. The number of benzene rings is 3. The van der Waals surface area contributed by atoms with E-state index >= 15 is 0 Å². The smallest absolute Gasteiger partial charge is 0.338 e. The average molecular weight is 460 g/mol. The Kier molecular flexibility index (Phi) is 6.46. The van der Waals surface area contributed by atoms with E-state index in [-0.39, 0.29) is 11.5 Å². The van der Waals surface area contributed by atoms with Gasteiger partial charge in [0.05, 0.1) is 15.8 Å². The van der Waals surface area contributed by atoms with Gasteiger partial charge in [-0.25, -0.2) is 9.78 Å². The third-order valence-corrected chi connectivity index (χ3v) is 5.80. The standard InChI is InChI=1S/C25H21N3O4S/c1-15-3-12-21-22(13-15)33-24(28-21)17-4-8-20(9-5-17)27-23(30)14-32-25(31)18-6-10-19(11-7-18)26-16(2)29/h3-13H,14H2,1-2H3,(H,26,29)(H,27,30). The highest BCUT2D eigenvalue weighted by atomic mass is 32.1. The van der Waals surface area contributed by atoms with Crippen LogP contribution in [-0.2, 0) is 14.3 Å². The largest absolute Gasteiger partial charge is 0.452 e. The van der Waals surface area contributed by atoms with Gasteiger partial charge in [-0.3, -0.25) is 9.59 Å². The predicted octanol–water partition coefficient (Wildman–Crippen LogP) is 5.03. The Morgan fingerprint density at radius 3 is 2.27 bits per heavy atom. The summed E-state index contributed by atoms with van der Waals surface area (Å²) in [7, 11) is 0. The van der Waals surface area contributed by atoms with Crippen molar-refractivity contribution in [3.63, 3.8) is 0 Å². The molecule has 2 N–H and O–H groups in total. The van der Waals surface area contributed by atoms with Crippen molar-refractivity contribution in [2.45, 2.75) is 13.8 Å². The van der Waals surface area contributed by atoms with Gasteiger partial charge in [-0.1, -0.05) is 6.07 Å². The van der Waals surface area contributed by atoms with E-state index in [1.165, 1.54) is 24.6 Å². The number of ether oxygens (including phenoxy) is 1. The summed E-state index contributed by atoms with van der Waals surface area (Å²) < 4.78 is 6.21. The first-order valence-corrected chi connectivity index (χ1v) is 11.0. The van der Waals surface area contributed by atoms with E-state index in [9.17, 15) is 14.4 Å². The summed E-state index contributed by atoms with van der Waals surface area (Å²) in [5.41, 5.74) is 4.56. The van der Waals surface area contributed by atoms with Gasteiger partial charge in [-0.2, -0.15) is 0 Å². The summed E-state index contributed by atoms with van der Waals surface area (Å²) in [5, 5.41) is 6.23.